The number of ether oxygens (including phenoxy) is 2. The predicted octanol–water partition coefficient (Wildman–Crippen LogP) is 1.17. The van der Waals surface area contributed by atoms with E-state index in [1.54, 1.807) is 5.38 Å². The number of thiazole rings is 1. The molecule has 1 fully saturated rings. The van der Waals surface area contributed by atoms with E-state index in [1.165, 1.54) is 23.3 Å². The zero-order chi connectivity index (χ0) is 15.2. The molecule has 1 amide bonds. The second-order valence-electron chi connectivity index (χ2n) is 4.69. The molecular weight excluding hydrogens is 296 g/mol. The SMILES string of the molecule is COCCN(CC(=O)O)C(=O)c1csc(C2CCCO2)n1. The van der Waals surface area contributed by atoms with Crippen LogP contribution in [0.1, 0.15) is 34.4 Å². The maximum Gasteiger partial charge on any atom is 0.323 e. The Balaban J connectivity index is 2.06. The number of aromatic nitrogens is 1. The quantitative estimate of drug-likeness (QED) is 0.812. The highest BCUT2D eigenvalue weighted by atomic mass is 32.1. The normalized spacial score (nSPS) is 17.9. The Bertz CT molecular complexity index is 499. The molecule has 0 radical (unpaired) electrons. The molecule has 1 aliphatic rings. The Morgan fingerprint density at radius 3 is 3.05 bits per heavy atom. The number of carboxylic acid groups (broad SMARTS) is 1. The molecule has 0 aliphatic carbocycles. The molecule has 2 rings (SSSR count). The highest BCUT2D eigenvalue weighted by molar-refractivity contribution is 7.09. The maximum absolute atomic E-state index is 12.3. The lowest BCUT2D eigenvalue weighted by Crippen LogP contribution is -2.38. The summed E-state index contributed by atoms with van der Waals surface area (Å²) < 4.78 is 10.4. The van der Waals surface area contributed by atoms with Gasteiger partial charge in [-0.3, -0.25) is 9.59 Å². The minimum Gasteiger partial charge on any atom is -0.480 e. The fourth-order valence-corrected chi connectivity index (χ4v) is 2.96. The second kappa shape index (κ2) is 7.48. The summed E-state index contributed by atoms with van der Waals surface area (Å²) in [5.41, 5.74) is 0.267. The molecule has 0 spiro atoms. The van der Waals surface area contributed by atoms with Crippen LogP contribution in [0.25, 0.3) is 0 Å². The van der Waals surface area contributed by atoms with Crippen LogP contribution in [0.2, 0.25) is 0 Å². The molecule has 2 heterocycles. The lowest BCUT2D eigenvalue weighted by atomic mass is 10.2. The number of carboxylic acids is 1. The molecule has 1 N–H and O–H groups in total. The number of aliphatic carboxylic acids is 1. The lowest BCUT2D eigenvalue weighted by Gasteiger charge is -2.19. The van der Waals surface area contributed by atoms with Crippen molar-refractivity contribution in [1.29, 1.82) is 0 Å². The zero-order valence-corrected chi connectivity index (χ0v) is 12.6. The van der Waals surface area contributed by atoms with Gasteiger partial charge in [0.25, 0.3) is 5.91 Å². The number of carbonyl (C=O) groups is 2. The summed E-state index contributed by atoms with van der Waals surface area (Å²) in [6.07, 6.45) is 1.86. The molecule has 0 saturated carbocycles. The van der Waals surface area contributed by atoms with Crippen LogP contribution in [-0.2, 0) is 14.3 Å². The van der Waals surface area contributed by atoms with Gasteiger partial charge in [0.2, 0.25) is 0 Å². The Morgan fingerprint density at radius 1 is 1.62 bits per heavy atom. The lowest BCUT2D eigenvalue weighted by molar-refractivity contribution is -0.137. The molecule has 7 nitrogen and oxygen atoms in total. The number of amides is 1. The topological polar surface area (TPSA) is 89.0 Å². The van der Waals surface area contributed by atoms with Crippen LogP contribution in [-0.4, -0.2) is 60.3 Å². The highest BCUT2D eigenvalue weighted by Gasteiger charge is 2.25. The molecule has 21 heavy (non-hydrogen) atoms. The number of rotatable bonds is 7. The molecule has 1 atom stereocenters. The molecule has 1 unspecified atom stereocenters. The average Bonchev–Trinajstić information content (AvgIpc) is 3.11. The number of hydrogen-bond donors (Lipinski definition) is 1. The van der Waals surface area contributed by atoms with Gasteiger partial charge in [0, 0.05) is 25.6 Å². The Labute approximate surface area is 126 Å². The third-order valence-corrected chi connectivity index (χ3v) is 4.06. The minimum absolute atomic E-state index is 0.0385. The van der Waals surface area contributed by atoms with Crippen LogP contribution in [0, 0.1) is 0 Å². The number of carbonyl (C=O) groups excluding carboxylic acids is 1. The van der Waals surface area contributed by atoms with Crippen molar-refractivity contribution >= 4 is 23.2 Å². The Morgan fingerprint density at radius 2 is 2.43 bits per heavy atom. The first-order chi connectivity index (χ1) is 10.1. The van der Waals surface area contributed by atoms with Crippen LogP contribution in [0.3, 0.4) is 0 Å². The van der Waals surface area contributed by atoms with Crippen molar-refractivity contribution in [2.45, 2.75) is 18.9 Å². The van der Waals surface area contributed by atoms with E-state index in [2.05, 4.69) is 4.98 Å². The summed E-state index contributed by atoms with van der Waals surface area (Å²) in [5, 5.41) is 11.3. The van der Waals surface area contributed by atoms with Gasteiger partial charge < -0.3 is 19.5 Å². The molecule has 1 aromatic rings. The maximum atomic E-state index is 12.3. The number of methoxy groups -OCH3 is 1. The van der Waals surface area contributed by atoms with Crippen molar-refractivity contribution in [2.75, 3.05) is 33.4 Å². The smallest absolute Gasteiger partial charge is 0.323 e. The highest BCUT2D eigenvalue weighted by Crippen LogP contribution is 2.30. The van der Waals surface area contributed by atoms with Crippen LogP contribution in [0.15, 0.2) is 5.38 Å². The van der Waals surface area contributed by atoms with Gasteiger partial charge in [-0.25, -0.2) is 4.98 Å². The molecular formula is C13H18N2O5S. The van der Waals surface area contributed by atoms with Crippen LogP contribution in [0.4, 0.5) is 0 Å². The molecule has 0 bridgehead atoms. The van der Waals surface area contributed by atoms with E-state index >= 15 is 0 Å². The average molecular weight is 314 g/mol. The Kier molecular flexibility index (Phi) is 5.66. The van der Waals surface area contributed by atoms with Gasteiger partial charge in [-0.1, -0.05) is 0 Å². The summed E-state index contributed by atoms with van der Waals surface area (Å²) in [6, 6.07) is 0. The predicted molar refractivity (Wildman–Crippen MR) is 75.5 cm³/mol. The first-order valence-corrected chi connectivity index (χ1v) is 7.57. The standard InChI is InChI=1S/C13H18N2O5S/c1-19-6-4-15(7-11(16)17)13(18)9-8-21-12(14-9)10-3-2-5-20-10/h8,10H,2-7H2,1H3,(H,16,17). The number of hydrogen-bond acceptors (Lipinski definition) is 6. The van der Waals surface area contributed by atoms with Gasteiger partial charge in [-0.2, -0.15) is 0 Å². The van der Waals surface area contributed by atoms with Crippen LogP contribution < -0.4 is 0 Å². The van der Waals surface area contributed by atoms with E-state index in [9.17, 15) is 9.59 Å². The van der Waals surface area contributed by atoms with Crippen molar-refractivity contribution in [3.05, 3.63) is 16.1 Å². The van der Waals surface area contributed by atoms with Gasteiger partial charge in [0.15, 0.2) is 0 Å². The second-order valence-corrected chi connectivity index (χ2v) is 5.58. The minimum atomic E-state index is -1.06. The Hall–Kier alpha value is -1.51. The monoisotopic (exact) mass is 314 g/mol. The third kappa shape index (κ3) is 4.23. The fourth-order valence-electron chi connectivity index (χ4n) is 2.09. The van der Waals surface area contributed by atoms with E-state index in [-0.39, 0.29) is 31.5 Å². The van der Waals surface area contributed by atoms with E-state index in [0.29, 0.717) is 6.61 Å². The van der Waals surface area contributed by atoms with E-state index < -0.39 is 11.9 Å². The molecule has 1 saturated heterocycles. The summed E-state index contributed by atoms with van der Waals surface area (Å²) in [7, 11) is 1.50. The summed E-state index contributed by atoms with van der Waals surface area (Å²) >= 11 is 1.37. The molecule has 8 heteroatoms. The zero-order valence-electron chi connectivity index (χ0n) is 11.8. The summed E-state index contributed by atoms with van der Waals surface area (Å²) in [4.78, 5) is 28.7. The molecule has 1 aromatic heterocycles. The van der Waals surface area contributed by atoms with Gasteiger partial charge in [0.05, 0.1) is 6.61 Å². The van der Waals surface area contributed by atoms with Crippen molar-refractivity contribution in [3.8, 4) is 0 Å². The van der Waals surface area contributed by atoms with Gasteiger partial charge in [-0.05, 0) is 12.8 Å². The van der Waals surface area contributed by atoms with Crippen LogP contribution in [0.5, 0.6) is 0 Å². The largest absolute Gasteiger partial charge is 0.480 e. The molecule has 1 aliphatic heterocycles. The number of nitrogens with zero attached hydrogens (tertiary/aromatic N) is 2. The summed E-state index contributed by atoms with van der Waals surface area (Å²) in [6.45, 7) is 0.845. The first kappa shape index (κ1) is 15.9. The van der Waals surface area contributed by atoms with E-state index in [1.807, 2.05) is 0 Å². The van der Waals surface area contributed by atoms with Gasteiger partial charge in [0.1, 0.15) is 23.4 Å². The van der Waals surface area contributed by atoms with Gasteiger partial charge >= 0.3 is 5.97 Å². The van der Waals surface area contributed by atoms with Crippen LogP contribution >= 0.6 is 11.3 Å². The van der Waals surface area contributed by atoms with E-state index in [0.717, 1.165) is 17.8 Å². The van der Waals surface area contributed by atoms with E-state index in [4.69, 9.17) is 14.6 Å². The van der Waals surface area contributed by atoms with Crippen molar-refractivity contribution in [3.63, 3.8) is 0 Å². The van der Waals surface area contributed by atoms with Gasteiger partial charge in [-0.15, -0.1) is 11.3 Å². The van der Waals surface area contributed by atoms with Crippen molar-refractivity contribution in [2.24, 2.45) is 0 Å². The summed E-state index contributed by atoms with van der Waals surface area (Å²) in [5.74, 6) is -1.45. The molecule has 116 valence electrons. The first-order valence-electron chi connectivity index (χ1n) is 6.69. The fraction of sp³-hybridized carbons (Fsp3) is 0.615. The third-order valence-electron chi connectivity index (χ3n) is 3.12. The van der Waals surface area contributed by atoms with Crippen molar-refractivity contribution in [1.82, 2.24) is 9.88 Å². The molecule has 0 aromatic carbocycles. The van der Waals surface area contributed by atoms with Crippen molar-refractivity contribution < 1.29 is 24.2 Å².